The van der Waals surface area contributed by atoms with E-state index < -0.39 is 0 Å². The Morgan fingerprint density at radius 3 is 2.82 bits per heavy atom. The molecule has 1 saturated heterocycles. The second kappa shape index (κ2) is 6.59. The van der Waals surface area contributed by atoms with Crippen LogP contribution in [-0.2, 0) is 9.59 Å². The fourth-order valence-electron chi connectivity index (χ4n) is 2.22. The van der Waals surface area contributed by atoms with Crippen LogP contribution >= 0.6 is 0 Å². The summed E-state index contributed by atoms with van der Waals surface area (Å²) in [5.74, 6) is 0.196. The molecule has 5 nitrogen and oxygen atoms in total. The maximum atomic E-state index is 12.1. The SMILES string of the molecule is CC(=O)NC1CCN(C(=O)C(C)CCCN)C1. The first-order valence-corrected chi connectivity index (χ1v) is 6.30. The van der Waals surface area contributed by atoms with Gasteiger partial charge in [0.15, 0.2) is 0 Å². The van der Waals surface area contributed by atoms with Gasteiger partial charge in [-0.1, -0.05) is 6.92 Å². The zero-order chi connectivity index (χ0) is 12.8. The number of nitrogens with two attached hydrogens (primary N) is 1. The summed E-state index contributed by atoms with van der Waals surface area (Å²) < 4.78 is 0. The molecule has 17 heavy (non-hydrogen) atoms. The molecule has 1 aliphatic heterocycles. The minimum Gasteiger partial charge on any atom is -0.352 e. The van der Waals surface area contributed by atoms with E-state index >= 15 is 0 Å². The molecular weight excluding hydrogens is 218 g/mol. The van der Waals surface area contributed by atoms with Crippen molar-refractivity contribution in [2.24, 2.45) is 11.7 Å². The Morgan fingerprint density at radius 2 is 2.24 bits per heavy atom. The predicted octanol–water partition coefficient (Wildman–Crippen LogP) is 0.0984. The molecule has 1 aliphatic rings. The fourth-order valence-corrected chi connectivity index (χ4v) is 2.22. The van der Waals surface area contributed by atoms with E-state index in [2.05, 4.69) is 5.32 Å². The third-order valence-electron chi connectivity index (χ3n) is 3.17. The molecule has 0 spiro atoms. The normalized spacial score (nSPS) is 21.4. The Hall–Kier alpha value is -1.10. The van der Waals surface area contributed by atoms with E-state index in [1.54, 1.807) is 0 Å². The van der Waals surface area contributed by atoms with Crippen molar-refractivity contribution in [2.75, 3.05) is 19.6 Å². The quantitative estimate of drug-likeness (QED) is 0.716. The zero-order valence-corrected chi connectivity index (χ0v) is 10.7. The number of likely N-dealkylation sites (tertiary alicyclic amines) is 1. The van der Waals surface area contributed by atoms with Gasteiger partial charge in [0, 0.05) is 32.0 Å². The first-order chi connectivity index (χ1) is 8.04. The van der Waals surface area contributed by atoms with Crippen LogP contribution < -0.4 is 11.1 Å². The van der Waals surface area contributed by atoms with Crippen LogP contribution in [0.4, 0.5) is 0 Å². The maximum absolute atomic E-state index is 12.1. The second-order valence-electron chi connectivity index (χ2n) is 4.80. The maximum Gasteiger partial charge on any atom is 0.225 e. The van der Waals surface area contributed by atoms with E-state index in [1.165, 1.54) is 6.92 Å². The lowest BCUT2D eigenvalue weighted by Gasteiger charge is -2.21. The molecule has 5 heteroatoms. The van der Waals surface area contributed by atoms with Crippen molar-refractivity contribution >= 4 is 11.8 Å². The zero-order valence-electron chi connectivity index (χ0n) is 10.7. The van der Waals surface area contributed by atoms with Crippen molar-refractivity contribution in [2.45, 2.75) is 39.2 Å². The van der Waals surface area contributed by atoms with Crippen LogP contribution in [0.2, 0.25) is 0 Å². The molecule has 1 heterocycles. The highest BCUT2D eigenvalue weighted by atomic mass is 16.2. The Bertz CT molecular complexity index is 281. The highest BCUT2D eigenvalue weighted by Gasteiger charge is 2.28. The first-order valence-electron chi connectivity index (χ1n) is 6.30. The van der Waals surface area contributed by atoms with Gasteiger partial charge in [-0.05, 0) is 25.8 Å². The molecule has 3 N–H and O–H groups in total. The van der Waals surface area contributed by atoms with Crippen molar-refractivity contribution in [1.82, 2.24) is 10.2 Å². The number of rotatable bonds is 5. The van der Waals surface area contributed by atoms with Crippen LogP contribution in [0.5, 0.6) is 0 Å². The van der Waals surface area contributed by atoms with Crippen molar-refractivity contribution in [3.63, 3.8) is 0 Å². The minimum atomic E-state index is -0.0273. The van der Waals surface area contributed by atoms with Crippen LogP contribution in [0.25, 0.3) is 0 Å². The Balaban J connectivity index is 2.36. The molecule has 0 radical (unpaired) electrons. The van der Waals surface area contributed by atoms with Crippen molar-refractivity contribution in [1.29, 1.82) is 0 Å². The second-order valence-corrected chi connectivity index (χ2v) is 4.80. The Morgan fingerprint density at radius 1 is 1.53 bits per heavy atom. The van der Waals surface area contributed by atoms with Gasteiger partial charge < -0.3 is 16.0 Å². The number of carbonyl (C=O) groups is 2. The summed E-state index contributed by atoms with van der Waals surface area (Å²) in [5.41, 5.74) is 5.43. The molecule has 2 atom stereocenters. The largest absolute Gasteiger partial charge is 0.352 e. The molecule has 1 fully saturated rings. The number of nitrogens with zero attached hydrogens (tertiary/aromatic N) is 1. The lowest BCUT2D eigenvalue weighted by molar-refractivity contribution is -0.134. The number of hydrogen-bond donors (Lipinski definition) is 2. The summed E-state index contributed by atoms with van der Waals surface area (Å²) in [6.07, 6.45) is 2.58. The topological polar surface area (TPSA) is 75.4 Å². The van der Waals surface area contributed by atoms with Crippen LogP contribution in [-0.4, -0.2) is 42.4 Å². The predicted molar refractivity (Wildman–Crippen MR) is 66.3 cm³/mol. The average molecular weight is 241 g/mol. The van der Waals surface area contributed by atoms with E-state index in [4.69, 9.17) is 5.73 Å². The Kier molecular flexibility index (Phi) is 5.41. The van der Waals surface area contributed by atoms with Gasteiger partial charge in [0.05, 0.1) is 0 Å². The number of nitrogens with one attached hydrogen (secondary N) is 1. The average Bonchev–Trinajstić information content (AvgIpc) is 2.72. The van der Waals surface area contributed by atoms with Gasteiger partial charge in [-0.2, -0.15) is 0 Å². The first kappa shape index (κ1) is 14.0. The van der Waals surface area contributed by atoms with E-state index in [9.17, 15) is 9.59 Å². The van der Waals surface area contributed by atoms with Gasteiger partial charge in [0.1, 0.15) is 0 Å². The summed E-state index contributed by atoms with van der Waals surface area (Å²) in [7, 11) is 0. The molecule has 0 aromatic heterocycles. The lowest BCUT2D eigenvalue weighted by atomic mass is 10.0. The molecule has 0 saturated carbocycles. The number of hydrogen-bond acceptors (Lipinski definition) is 3. The van der Waals surface area contributed by atoms with Gasteiger partial charge in [0.2, 0.25) is 11.8 Å². The van der Waals surface area contributed by atoms with Crippen LogP contribution in [0, 0.1) is 5.92 Å². The summed E-state index contributed by atoms with van der Waals surface area (Å²) in [6.45, 7) is 5.48. The van der Waals surface area contributed by atoms with E-state index in [0.717, 1.165) is 25.8 Å². The van der Waals surface area contributed by atoms with Crippen LogP contribution in [0.15, 0.2) is 0 Å². The smallest absolute Gasteiger partial charge is 0.225 e. The lowest BCUT2D eigenvalue weighted by Crippen LogP contribution is -2.39. The van der Waals surface area contributed by atoms with Gasteiger partial charge >= 0.3 is 0 Å². The molecule has 0 aliphatic carbocycles. The van der Waals surface area contributed by atoms with Crippen molar-refractivity contribution < 1.29 is 9.59 Å². The third-order valence-corrected chi connectivity index (χ3v) is 3.17. The third kappa shape index (κ3) is 4.34. The van der Waals surface area contributed by atoms with Crippen molar-refractivity contribution in [3.8, 4) is 0 Å². The standard InChI is InChI=1S/C12H23N3O2/c1-9(4-3-6-13)12(17)15-7-5-11(8-15)14-10(2)16/h9,11H,3-8,13H2,1-2H3,(H,14,16). The summed E-state index contributed by atoms with van der Waals surface area (Å²) in [5, 5.41) is 2.86. The molecule has 2 amide bonds. The van der Waals surface area contributed by atoms with Gasteiger partial charge in [-0.15, -0.1) is 0 Å². The molecule has 98 valence electrons. The van der Waals surface area contributed by atoms with Crippen LogP contribution in [0.3, 0.4) is 0 Å². The summed E-state index contributed by atoms with van der Waals surface area (Å²) >= 11 is 0. The number of carbonyl (C=O) groups excluding carboxylic acids is 2. The Labute approximate surface area is 103 Å². The van der Waals surface area contributed by atoms with Crippen LogP contribution in [0.1, 0.15) is 33.1 Å². The highest BCUT2D eigenvalue weighted by Crippen LogP contribution is 2.15. The molecular formula is C12H23N3O2. The summed E-state index contributed by atoms with van der Waals surface area (Å²) in [6, 6.07) is 0.123. The number of amides is 2. The monoisotopic (exact) mass is 241 g/mol. The fraction of sp³-hybridized carbons (Fsp3) is 0.833. The molecule has 1 rings (SSSR count). The van der Waals surface area contributed by atoms with Gasteiger partial charge in [0.25, 0.3) is 0 Å². The molecule has 0 aromatic carbocycles. The van der Waals surface area contributed by atoms with E-state index in [-0.39, 0.29) is 23.8 Å². The van der Waals surface area contributed by atoms with E-state index in [1.807, 2.05) is 11.8 Å². The minimum absolute atomic E-state index is 0.0273. The summed E-state index contributed by atoms with van der Waals surface area (Å²) in [4.78, 5) is 24.8. The van der Waals surface area contributed by atoms with Gasteiger partial charge in [-0.25, -0.2) is 0 Å². The molecule has 0 aromatic rings. The highest BCUT2D eigenvalue weighted by molar-refractivity contribution is 5.79. The van der Waals surface area contributed by atoms with Gasteiger partial charge in [-0.3, -0.25) is 9.59 Å². The van der Waals surface area contributed by atoms with Crippen molar-refractivity contribution in [3.05, 3.63) is 0 Å². The molecule has 2 unspecified atom stereocenters. The molecule has 0 bridgehead atoms. The van der Waals surface area contributed by atoms with E-state index in [0.29, 0.717) is 13.1 Å².